The van der Waals surface area contributed by atoms with Gasteiger partial charge in [0.2, 0.25) is 10.0 Å². The van der Waals surface area contributed by atoms with Crippen molar-refractivity contribution in [3.8, 4) is 0 Å². The number of hydrogen-bond acceptors (Lipinski definition) is 3. The molecule has 3 unspecified atom stereocenters. The van der Waals surface area contributed by atoms with E-state index in [9.17, 15) is 8.42 Å². The zero-order valence-corrected chi connectivity index (χ0v) is 12.8. The molecule has 1 saturated carbocycles. The summed E-state index contributed by atoms with van der Waals surface area (Å²) in [5.74, 6) is 1.48. The van der Waals surface area contributed by atoms with E-state index in [-0.39, 0.29) is 5.75 Å². The van der Waals surface area contributed by atoms with Crippen LogP contribution in [0.3, 0.4) is 0 Å². The number of piperidine rings is 1. The van der Waals surface area contributed by atoms with Gasteiger partial charge in [-0.1, -0.05) is 26.2 Å². The molecule has 0 radical (unpaired) electrons. The monoisotopic (exact) mass is 288 g/mol. The second kappa shape index (κ2) is 7.04. The molecule has 2 rings (SSSR count). The molecule has 1 heterocycles. The Labute approximate surface area is 117 Å². The van der Waals surface area contributed by atoms with Crippen LogP contribution in [-0.4, -0.2) is 33.3 Å². The van der Waals surface area contributed by atoms with Crippen LogP contribution in [0.4, 0.5) is 0 Å². The van der Waals surface area contributed by atoms with Gasteiger partial charge in [0.1, 0.15) is 0 Å². The third-order valence-electron chi connectivity index (χ3n) is 4.75. The summed E-state index contributed by atoms with van der Waals surface area (Å²) >= 11 is 0. The van der Waals surface area contributed by atoms with Crippen molar-refractivity contribution in [3.63, 3.8) is 0 Å². The Bertz CT molecular complexity index is 364. The molecular formula is C14H28N2O2S. The van der Waals surface area contributed by atoms with Gasteiger partial charge >= 0.3 is 0 Å². The van der Waals surface area contributed by atoms with E-state index in [1.165, 1.54) is 32.1 Å². The largest absolute Gasteiger partial charge is 0.314 e. The highest BCUT2D eigenvalue weighted by Crippen LogP contribution is 2.30. The minimum Gasteiger partial charge on any atom is -0.314 e. The SMILES string of the molecule is CC1CCCC1CNS(=O)(=O)CCC1CCCCN1. The van der Waals surface area contributed by atoms with Gasteiger partial charge < -0.3 is 5.32 Å². The molecule has 3 atom stereocenters. The van der Waals surface area contributed by atoms with Crippen LogP contribution in [0, 0.1) is 11.8 Å². The van der Waals surface area contributed by atoms with Crippen molar-refractivity contribution in [1.82, 2.24) is 10.0 Å². The Hall–Kier alpha value is -0.130. The van der Waals surface area contributed by atoms with Crippen molar-refractivity contribution < 1.29 is 8.42 Å². The topological polar surface area (TPSA) is 58.2 Å². The van der Waals surface area contributed by atoms with Crippen molar-refractivity contribution in [2.24, 2.45) is 11.8 Å². The molecule has 2 N–H and O–H groups in total. The molecule has 1 saturated heterocycles. The lowest BCUT2D eigenvalue weighted by Gasteiger charge is -2.23. The van der Waals surface area contributed by atoms with Crippen LogP contribution in [0.2, 0.25) is 0 Å². The first-order valence-electron chi connectivity index (χ1n) is 7.77. The van der Waals surface area contributed by atoms with Gasteiger partial charge in [0, 0.05) is 12.6 Å². The van der Waals surface area contributed by atoms with Crippen LogP contribution in [0.25, 0.3) is 0 Å². The minimum absolute atomic E-state index is 0.270. The second-order valence-corrected chi connectivity index (χ2v) is 8.20. The first-order valence-corrected chi connectivity index (χ1v) is 9.43. The molecule has 0 spiro atoms. The van der Waals surface area contributed by atoms with Gasteiger partial charge in [-0.3, -0.25) is 0 Å². The van der Waals surface area contributed by atoms with E-state index in [2.05, 4.69) is 17.0 Å². The minimum atomic E-state index is -3.08. The van der Waals surface area contributed by atoms with Gasteiger partial charge in [-0.2, -0.15) is 0 Å². The Kier molecular flexibility index (Phi) is 5.66. The quantitative estimate of drug-likeness (QED) is 0.784. The Morgan fingerprint density at radius 3 is 2.63 bits per heavy atom. The van der Waals surface area contributed by atoms with Crippen molar-refractivity contribution >= 4 is 10.0 Å². The summed E-state index contributed by atoms with van der Waals surface area (Å²) in [4.78, 5) is 0. The molecule has 2 aliphatic rings. The molecule has 0 aromatic heterocycles. The Morgan fingerprint density at radius 1 is 1.16 bits per heavy atom. The lowest BCUT2D eigenvalue weighted by Crippen LogP contribution is -2.38. The zero-order valence-electron chi connectivity index (χ0n) is 12.0. The van der Waals surface area contributed by atoms with E-state index in [0.717, 1.165) is 19.4 Å². The first kappa shape index (κ1) is 15.3. The molecule has 0 aromatic carbocycles. The Balaban J connectivity index is 1.69. The highest BCUT2D eigenvalue weighted by atomic mass is 32.2. The predicted octanol–water partition coefficient (Wildman–Crippen LogP) is 1.87. The van der Waals surface area contributed by atoms with Crippen LogP contribution in [-0.2, 0) is 10.0 Å². The predicted molar refractivity (Wildman–Crippen MR) is 78.6 cm³/mol. The molecular weight excluding hydrogens is 260 g/mol. The van der Waals surface area contributed by atoms with Crippen molar-refractivity contribution in [3.05, 3.63) is 0 Å². The van der Waals surface area contributed by atoms with Crippen LogP contribution in [0.5, 0.6) is 0 Å². The molecule has 1 aliphatic carbocycles. The van der Waals surface area contributed by atoms with E-state index in [1.54, 1.807) is 0 Å². The number of hydrogen-bond donors (Lipinski definition) is 2. The number of nitrogens with one attached hydrogen (secondary N) is 2. The van der Waals surface area contributed by atoms with Gasteiger partial charge in [-0.15, -0.1) is 0 Å². The third kappa shape index (κ3) is 5.04. The Morgan fingerprint density at radius 2 is 2.00 bits per heavy atom. The lowest BCUT2D eigenvalue weighted by atomic mass is 9.99. The number of rotatable bonds is 6. The molecule has 0 amide bonds. The average molecular weight is 288 g/mol. The number of sulfonamides is 1. The summed E-state index contributed by atoms with van der Waals surface area (Å²) in [5.41, 5.74) is 0. The summed E-state index contributed by atoms with van der Waals surface area (Å²) in [5, 5.41) is 3.40. The maximum Gasteiger partial charge on any atom is 0.211 e. The lowest BCUT2D eigenvalue weighted by molar-refractivity contribution is 0.390. The van der Waals surface area contributed by atoms with E-state index in [0.29, 0.717) is 24.4 Å². The highest BCUT2D eigenvalue weighted by molar-refractivity contribution is 7.89. The fraction of sp³-hybridized carbons (Fsp3) is 1.00. The van der Waals surface area contributed by atoms with Crippen LogP contribution in [0.1, 0.15) is 51.9 Å². The summed E-state index contributed by atoms with van der Waals surface area (Å²) in [6, 6.07) is 0.399. The smallest absolute Gasteiger partial charge is 0.211 e. The molecule has 1 aliphatic heterocycles. The van der Waals surface area contributed by atoms with Crippen molar-refractivity contribution in [2.75, 3.05) is 18.8 Å². The van der Waals surface area contributed by atoms with Gasteiger partial charge in [-0.25, -0.2) is 13.1 Å². The van der Waals surface area contributed by atoms with Crippen LogP contribution < -0.4 is 10.0 Å². The van der Waals surface area contributed by atoms with Crippen molar-refractivity contribution in [1.29, 1.82) is 0 Å². The van der Waals surface area contributed by atoms with Gasteiger partial charge in [-0.05, 0) is 44.1 Å². The van der Waals surface area contributed by atoms with Gasteiger partial charge in [0.05, 0.1) is 5.75 Å². The zero-order chi connectivity index (χ0) is 13.7. The van der Waals surface area contributed by atoms with Crippen LogP contribution >= 0.6 is 0 Å². The molecule has 0 bridgehead atoms. The van der Waals surface area contributed by atoms with Crippen molar-refractivity contribution in [2.45, 2.75) is 57.9 Å². The summed E-state index contributed by atoms with van der Waals surface area (Å²) in [7, 11) is -3.08. The maximum atomic E-state index is 12.0. The summed E-state index contributed by atoms with van der Waals surface area (Å²) in [6.07, 6.45) is 7.99. The summed E-state index contributed by atoms with van der Waals surface area (Å²) in [6.45, 7) is 3.91. The maximum absolute atomic E-state index is 12.0. The van der Waals surface area contributed by atoms with Gasteiger partial charge in [0.25, 0.3) is 0 Å². The van der Waals surface area contributed by atoms with E-state index in [1.807, 2.05) is 0 Å². The fourth-order valence-electron chi connectivity index (χ4n) is 3.30. The summed E-state index contributed by atoms with van der Waals surface area (Å²) < 4.78 is 26.8. The first-order chi connectivity index (χ1) is 9.07. The second-order valence-electron chi connectivity index (χ2n) is 6.27. The molecule has 0 aromatic rings. The van der Waals surface area contributed by atoms with E-state index in [4.69, 9.17) is 0 Å². The van der Waals surface area contributed by atoms with Crippen LogP contribution in [0.15, 0.2) is 0 Å². The molecule has 5 heteroatoms. The standard InChI is InChI=1S/C14H28N2O2S/c1-12-5-4-6-13(12)11-16-19(17,18)10-8-14-7-2-3-9-15-14/h12-16H,2-11H2,1H3. The fourth-order valence-corrected chi connectivity index (χ4v) is 4.51. The molecule has 2 fully saturated rings. The molecule has 4 nitrogen and oxygen atoms in total. The molecule has 19 heavy (non-hydrogen) atoms. The van der Waals surface area contributed by atoms with Gasteiger partial charge in [0.15, 0.2) is 0 Å². The molecule has 112 valence electrons. The van der Waals surface area contributed by atoms with E-state index < -0.39 is 10.0 Å². The average Bonchev–Trinajstić information content (AvgIpc) is 2.81. The van der Waals surface area contributed by atoms with E-state index >= 15 is 0 Å². The third-order valence-corrected chi connectivity index (χ3v) is 6.13. The highest BCUT2D eigenvalue weighted by Gasteiger charge is 2.25. The normalized spacial score (nSPS) is 32.6.